The van der Waals surface area contributed by atoms with Gasteiger partial charge in [0.15, 0.2) is 0 Å². The molecule has 1 spiro atoms. The van der Waals surface area contributed by atoms with Crippen molar-refractivity contribution in [1.29, 1.82) is 0 Å². The Morgan fingerprint density at radius 3 is 2.23 bits per heavy atom. The molecule has 0 aromatic heterocycles. The third-order valence-corrected chi connectivity index (χ3v) is 3.33. The lowest BCUT2D eigenvalue weighted by Gasteiger charge is -2.38. The van der Waals surface area contributed by atoms with Gasteiger partial charge < -0.3 is 0 Å². The molecule has 1 nitrogen and oxygen atoms in total. The van der Waals surface area contributed by atoms with E-state index in [2.05, 4.69) is 0 Å². The van der Waals surface area contributed by atoms with Crippen LogP contribution >= 0.6 is 0 Å². The highest BCUT2D eigenvalue weighted by Crippen LogP contribution is 2.48. The summed E-state index contributed by atoms with van der Waals surface area (Å²) >= 11 is 0. The number of rotatable bonds is 1. The van der Waals surface area contributed by atoms with Crippen molar-refractivity contribution in [1.82, 2.24) is 4.90 Å². The third kappa shape index (κ3) is 1.98. The Labute approximate surface area is 75.9 Å². The van der Waals surface area contributed by atoms with Crippen molar-refractivity contribution in [2.24, 2.45) is 5.41 Å². The number of likely N-dealkylation sites (tertiary alicyclic amines) is 1. The van der Waals surface area contributed by atoms with Crippen LogP contribution in [0.5, 0.6) is 0 Å². The zero-order valence-electron chi connectivity index (χ0n) is 7.53. The lowest BCUT2D eigenvalue weighted by molar-refractivity contribution is -0.144. The monoisotopic (exact) mass is 193 g/mol. The van der Waals surface area contributed by atoms with Crippen LogP contribution in [0.2, 0.25) is 0 Å². The molecule has 4 heteroatoms. The zero-order valence-corrected chi connectivity index (χ0v) is 7.53. The molecule has 1 aliphatic heterocycles. The molecule has 0 bridgehead atoms. The van der Waals surface area contributed by atoms with Gasteiger partial charge in [0.1, 0.15) is 0 Å². The maximum Gasteiger partial charge on any atom is 0.401 e. The molecule has 2 rings (SSSR count). The van der Waals surface area contributed by atoms with Crippen LogP contribution in [0.25, 0.3) is 0 Å². The molecule has 0 amide bonds. The summed E-state index contributed by atoms with van der Waals surface area (Å²) in [5.74, 6) is 0. The fraction of sp³-hybridized carbons (Fsp3) is 1.00. The Morgan fingerprint density at radius 1 is 1.15 bits per heavy atom. The number of hydrogen-bond acceptors (Lipinski definition) is 1. The van der Waals surface area contributed by atoms with E-state index in [9.17, 15) is 13.2 Å². The Hall–Kier alpha value is -0.250. The van der Waals surface area contributed by atoms with Gasteiger partial charge in [-0.3, -0.25) is 4.90 Å². The Balaban J connectivity index is 1.84. The molecule has 0 atom stereocenters. The molecule has 0 unspecified atom stereocenters. The van der Waals surface area contributed by atoms with Gasteiger partial charge in [-0.05, 0) is 31.2 Å². The minimum atomic E-state index is -4.02. The largest absolute Gasteiger partial charge is 0.401 e. The van der Waals surface area contributed by atoms with E-state index in [4.69, 9.17) is 0 Å². The predicted molar refractivity (Wildman–Crippen MR) is 43.4 cm³/mol. The topological polar surface area (TPSA) is 3.24 Å². The fourth-order valence-corrected chi connectivity index (χ4v) is 2.50. The van der Waals surface area contributed by atoms with Gasteiger partial charge in [-0.15, -0.1) is 0 Å². The van der Waals surface area contributed by atoms with E-state index in [1.165, 1.54) is 6.42 Å². The summed E-state index contributed by atoms with van der Waals surface area (Å²) in [4.78, 5) is 1.55. The average molecular weight is 193 g/mol. The smallest absolute Gasteiger partial charge is 0.294 e. The first kappa shape index (κ1) is 9.31. The highest BCUT2D eigenvalue weighted by atomic mass is 19.4. The molecule has 1 saturated carbocycles. The van der Waals surface area contributed by atoms with Gasteiger partial charge >= 0.3 is 6.18 Å². The van der Waals surface area contributed by atoms with Crippen LogP contribution in [0.1, 0.15) is 25.7 Å². The maximum atomic E-state index is 12.0. The van der Waals surface area contributed by atoms with Crippen LogP contribution in [-0.2, 0) is 0 Å². The molecule has 0 aromatic rings. The summed E-state index contributed by atoms with van der Waals surface area (Å²) in [7, 11) is 0. The average Bonchev–Trinajstić information content (AvgIpc) is 2.26. The van der Waals surface area contributed by atoms with Gasteiger partial charge in [0.2, 0.25) is 0 Å². The number of hydrogen-bond donors (Lipinski definition) is 0. The second kappa shape index (κ2) is 2.87. The van der Waals surface area contributed by atoms with E-state index in [0.717, 1.165) is 19.3 Å². The highest BCUT2D eigenvalue weighted by molar-refractivity contribution is 4.95. The second-order valence-corrected chi connectivity index (χ2v) is 4.43. The van der Waals surface area contributed by atoms with Crippen molar-refractivity contribution >= 4 is 0 Å². The van der Waals surface area contributed by atoms with E-state index < -0.39 is 12.7 Å². The Morgan fingerprint density at radius 2 is 1.85 bits per heavy atom. The summed E-state index contributed by atoms with van der Waals surface area (Å²) in [6.45, 7) is 0.598. The third-order valence-electron chi connectivity index (χ3n) is 3.33. The van der Waals surface area contributed by atoms with Crippen molar-refractivity contribution in [2.45, 2.75) is 31.9 Å². The minimum absolute atomic E-state index is 0.283. The molecule has 76 valence electrons. The van der Waals surface area contributed by atoms with Crippen molar-refractivity contribution in [3.63, 3.8) is 0 Å². The van der Waals surface area contributed by atoms with Crippen LogP contribution in [0, 0.1) is 5.41 Å². The SMILES string of the molecule is FC(F)(F)CN1CCC2(CCC2)C1. The highest BCUT2D eigenvalue weighted by Gasteiger charge is 2.45. The van der Waals surface area contributed by atoms with Gasteiger partial charge in [-0.1, -0.05) is 6.42 Å². The molecule has 0 aromatic carbocycles. The maximum absolute atomic E-state index is 12.0. The molecule has 1 saturated heterocycles. The fourth-order valence-electron chi connectivity index (χ4n) is 2.50. The van der Waals surface area contributed by atoms with E-state index in [1.807, 2.05) is 0 Å². The molecular formula is C9H14F3N. The lowest BCUT2D eigenvalue weighted by atomic mass is 9.68. The quantitative estimate of drug-likeness (QED) is 0.618. The van der Waals surface area contributed by atoms with E-state index in [1.54, 1.807) is 4.90 Å². The first-order chi connectivity index (χ1) is 5.99. The van der Waals surface area contributed by atoms with Gasteiger partial charge in [0.25, 0.3) is 0 Å². The molecule has 2 aliphatic rings. The molecular weight excluding hydrogens is 179 g/mol. The van der Waals surface area contributed by atoms with Crippen LogP contribution in [0.3, 0.4) is 0 Å². The van der Waals surface area contributed by atoms with E-state index in [0.29, 0.717) is 13.1 Å². The Bertz CT molecular complexity index is 196. The zero-order chi connectivity index (χ0) is 9.53. The predicted octanol–water partition coefficient (Wildman–Crippen LogP) is 2.42. The van der Waals surface area contributed by atoms with Gasteiger partial charge in [0, 0.05) is 6.54 Å². The standard InChI is InChI=1S/C9H14F3N/c10-9(11,12)7-13-5-4-8(6-13)2-1-3-8/h1-7H2. The van der Waals surface area contributed by atoms with Crippen molar-refractivity contribution in [3.05, 3.63) is 0 Å². The summed E-state index contributed by atoms with van der Waals surface area (Å²) in [6.07, 6.45) is 0.445. The molecule has 13 heavy (non-hydrogen) atoms. The minimum Gasteiger partial charge on any atom is -0.294 e. The normalized spacial score (nSPS) is 27.9. The molecule has 0 radical (unpaired) electrons. The van der Waals surface area contributed by atoms with Gasteiger partial charge in [-0.2, -0.15) is 13.2 Å². The van der Waals surface area contributed by atoms with E-state index >= 15 is 0 Å². The molecule has 2 fully saturated rings. The summed E-state index contributed by atoms with van der Waals surface area (Å²) < 4.78 is 36.1. The van der Waals surface area contributed by atoms with Crippen LogP contribution in [0.15, 0.2) is 0 Å². The summed E-state index contributed by atoms with van der Waals surface area (Å²) in [5.41, 5.74) is 0.283. The van der Waals surface area contributed by atoms with Crippen molar-refractivity contribution < 1.29 is 13.2 Å². The molecule has 1 heterocycles. The first-order valence-electron chi connectivity index (χ1n) is 4.78. The van der Waals surface area contributed by atoms with E-state index in [-0.39, 0.29) is 5.41 Å². The summed E-state index contributed by atoms with van der Waals surface area (Å²) in [6, 6.07) is 0. The molecule has 0 N–H and O–H groups in total. The van der Waals surface area contributed by atoms with Crippen LogP contribution < -0.4 is 0 Å². The van der Waals surface area contributed by atoms with Gasteiger partial charge in [-0.25, -0.2) is 0 Å². The van der Waals surface area contributed by atoms with Crippen LogP contribution in [-0.4, -0.2) is 30.7 Å². The number of halogens is 3. The Kier molecular flexibility index (Phi) is 2.06. The number of nitrogens with zero attached hydrogens (tertiary/aromatic N) is 1. The lowest BCUT2D eigenvalue weighted by Crippen LogP contribution is -2.37. The van der Waals surface area contributed by atoms with Crippen molar-refractivity contribution in [3.8, 4) is 0 Å². The first-order valence-corrected chi connectivity index (χ1v) is 4.78. The summed E-state index contributed by atoms with van der Waals surface area (Å²) in [5, 5.41) is 0. The second-order valence-electron chi connectivity index (χ2n) is 4.43. The number of alkyl halides is 3. The van der Waals surface area contributed by atoms with Gasteiger partial charge in [0.05, 0.1) is 6.54 Å². The molecule has 1 aliphatic carbocycles. The van der Waals surface area contributed by atoms with Crippen molar-refractivity contribution in [2.75, 3.05) is 19.6 Å². The van der Waals surface area contributed by atoms with Crippen LogP contribution in [0.4, 0.5) is 13.2 Å².